The number of aryl methyl sites for hydroxylation is 1. The van der Waals surface area contributed by atoms with Crippen molar-refractivity contribution in [1.29, 1.82) is 0 Å². The molecule has 3 aromatic heterocycles. The number of anilines is 2. The van der Waals surface area contributed by atoms with Crippen LogP contribution in [0.3, 0.4) is 0 Å². The second-order valence-electron chi connectivity index (χ2n) is 9.18. The standard InChI is InChI=1S/C27H26FN7O/c1-17-23(12-18-2-5-22(28)6-3-18)26(31-16-30-17)34-10-11-36-24-7-4-19(13-21(24)15-34)20-8-9-35-25(14-20)32-27(29)33-35/h2-9,13-14,16,21,24H,10-12,15H2,1H3,(H2,29,33). The van der Waals surface area contributed by atoms with Crippen LogP contribution in [0.15, 0.2) is 67.2 Å². The van der Waals surface area contributed by atoms with Crippen molar-refractivity contribution in [3.8, 4) is 0 Å². The zero-order valence-electron chi connectivity index (χ0n) is 19.9. The number of aromatic nitrogens is 5. The van der Waals surface area contributed by atoms with E-state index in [9.17, 15) is 4.39 Å². The fourth-order valence-electron chi connectivity index (χ4n) is 4.94. The first-order valence-corrected chi connectivity index (χ1v) is 12.0. The lowest BCUT2D eigenvalue weighted by atomic mass is 9.90. The van der Waals surface area contributed by atoms with Gasteiger partial charge in [-0.3, -0.25) is 0 Å². The van der Waals surface area contributed by atoms with Crippen molar-refractivity contribution in [3.63, 3.8) is 0 Å². The fraction of sp³-hybridized carbons (Fsp3) is 0.259. The third-order valence-corrected chi connectivity index (χ3v) is 6.80. The molecule has 1 aliphatic carbocycles. The summed E-state index contributed by atoms with van der Waals surface area (Å²) in [7, 11) is 0. The predicted octanol–water partition coefficient (Wildman–Crippen LogP) is 3.61. The Morgan fingerprint density at radius 3 is 2.89 bits per heavy atom. The number of hydrogen-bond donors (Lipinski definition) is 1. The maximum absolute atomic E-state index is 13.4. The number of nitrogens with zero attached hydrogens (tertiary/aromatic N) is 6. The monoisotopic (exact) mass is 483 g/mol. The Kier molecular flexibility index (Phi) is 5.69. The number of hydrogen-bond acceptors (Lipinski definition) is 7. The van der Waals surface area contributed by atoms with Crippen LogP contribution in [0.2, 0.25) is 0 Å². The molecule has 0 radical (unpaired) electrons. The van der Waals surface area contributed by atoms with E-state index >= 15 is 0 Å². The molecule has 0 spiro atoms. The van der Waals surface area contributed by atoms with Gasteiger partial charge >= 0.3 is 0 Å². The molecule has 2 atom stereocenters. The highest BCUT2D eigenvalue weighted by Crippen LogP contribution is 2.32. The Bertz CT molecular complexity index is 1480. The molecule has 2 aliphatic rings. The minimum absolute atomic E-state index is 0.00491. The molecule has 1 aliphatic heterocycles. The van der Waals surface area contributed by atoms with Gasteiger partial charge < -0.3 is 15.4 Å². The van der Waals surface area contributed by atoms with Gasteiger partial charge in [0.25, 0.3) is 0 Å². The average molecular weight is 484 g/mol. The summed E-state index contributed by atoms with van der Waals surface area (Å²) in [6.07, 6.45) is 10.6. The van der Waals surface area contributed by atoms with E-state index in [4.69, 9.17) is 10.5 Å². The van der Waals surface area contributed by atoms with E-state index in [0.29, 0.717) is 18.7 Å². The van der Waals surface area contributed by atoms with Gasteiger partial charge in [-0.25, -0.2) is 18.9 Å². The number of pyridine rings is 1. The Morgan fingerprint density at radius 2 is 2.03 bits per heavy atom. The maximum Gasteiger partial charge on any atom is 0.240 e. The molecule has 36 heavy (non-hydrogen) atoms. The van der Waals surface area contributed by atoms with Crippen LogP contribution in [-0.4, -0.2) is 50.4 Å². The van der Waals surface area contributed by atoms with Crippen molar-refractivity contribution in [1.82, 2.24) is 24.6 Å². The third-order valence-electron chi connectivity index (χ3n) is 6.80. The zero-order valence-corrected chi connectivity index (χ0v) is 19.9. The molecule has 1 fully saturated rings. The molecule has 9 heteroatoms. The summed E-state index contributed by atoms with van der Waals surface area (Å²) in [5.74, 6) is 1.06. The van der Waals surface area contributed by atoms with E-state index in [2.05, 4.69) is 43.2 Å². The summed E-state index contributed by atoms with van der Waals surface area (Å²) in [5, 5.41) is 4.16. The van der Waals surface area contributed by atoms with Crippen molar-refractivity contribution >= 4 is 23.0 Å². The summed E-state index contributed by atoms with van der Waals surface area (Å²) in [6.45, 7) is 4.07. The fourth-order valence-corrected chi connectivity index (χ4v) is 4.94. The Balaban J connectivity index is 1.30. The molecule has 2 unspecified atom stereocenters. The van der Waals surface area contributed by atoms with Crippen LogP contribution >= 0.6 is 0 Å². The lowest BCUT2D eigenvalue weighted by Gasteiger charge is -2.29. The van der Waals surface area contributed by atoms with Gasteiger partial charge in [0.15, 0.2) is 5.65 Å². The van der Waals surface area contributed by atoms with E-state index in [0.717, 1.165) is 46.9 Å². The van der Waals surface area contributed by atoms with Crippen molar-refractivity contribution < 1.29 is 9.13 Å². The number of halogens is 1. The first kappa shape index (κ1) is 22.4. The van der Waals surface area contributed by atoms with Crippen molar-refractivity contribution in [3.05, 3.63) is 95.4 Å². The molecule has 1 aromatic carbocycles. The summed E-state index contributed by atoms with van der Waals surface area (Å²) in [4.78, 5) is 15.7. The summed E-state index contributed by atoms with van der Waals surface area (Å²) < 4.78 is 21.3. The van der Waals surface area contributed by atoms with E-state index in [1.807, 2.05) is 37.4 Å². The Morgan fingerprint density at radius 1 is 1.17 bits per heavy atom. The number of rotatable bonds is 4. The smallest absolute Gasteiger partial charge is 0.240 e. The van der Waals surface area contributed by atoms with Gasteiger partial charge in [0, 0.05) is 42.9 Å². The molecule has 0 bridgehead atoms. The van der Waals surface area contributed by atoms with E-state index in [-0.39, 0.29) is 23.8 Å². The van der Waals surface area contributed by atoms with Gasteiger partial charge in [-0.1, -0.05) is 30.4 Å². The molecule has 182 valence electrons. The molecule has 6 rings (SSSR count). The topological polar surface area (TPSA) is 94.5 Å². The summed E-state index contributed by atoms with van der Waals surface area (Å²) in [6, 6.07) is 10.6. The van der Waals surface area contributed by atoms with Gasteiger partial charge in [-0.2, -0.15) is 4.98 Å². The van der Waals surface area contributed by atoms with Crippen molar-refractivity contribution in [2.75, 3.05) is 30.3 Å². The van der Waals surface area contributed by atoms with Gasteiger partial charge in [-0.15, -0.1) is 5.10 Å². The van der Waals surface area contributed by atoms with Gasteiger partial charge in [0.05, 0.1) is 12.7 Å². The number of nitrogens with two attached hydrogens (primary N) is 1. The van der Waals surface area contributed by atoms with Crippen molar-refractivity contribution in [2.45, 2.75) is 19.4 Å². The lowest BCUT2D eigenvalue weighted by molar-refractivity contribution is 0.0784. The third kappa shape index (κ3) is 4.33. The Hall–Kier alpha value is -4.11. The highest BCUT2D eigenvalue weighted by Gasteiger charge is 2.29. The highest BCUT2D eigenvalue weighted by molar-refractivity contribution is 5.77. The van der Waals surface area contributed by atoms with Crippen LogP contribution in [0.5, 0.6) is 0 Å². The minimum Gasteiger partial charge on any atom is -0.372 e. The largest absolute Gasteiger partial charge is 0.372 e. The molecule has 2 N–H and O–H groups in total. The average Bonchev–Trinajstić information content (AvgIpc) is 3.12. The highest BCUT2D eigenvalue weighted by atomic mass is 19.1. The quantitative estimate of drug-likeness (QED) is 0.474. The lowest BCUT2D eigenvalue weighted by Crippen LogP contribution is -2.33. The molecule has 4 aromatic rings. The van der Waals surface area contributed by atoms with Crippen LogP contribution in [0.1, 0.15) is 22.4 Å². The van der Waals surface area contributed by atoms with E-state index < -0.39 is 0 Å². The second kappa shape index (κ2) is 9.16. The molecule has 4 heterocycles. The molecule has 8 nitrogen and oxygen atoms in total. The molecule has 1 saturated heterocycles. The first-order chi connectivity index (χ1) is 17.5. The van der Waals surface area contributed by atoms with E-state index in [1.54, 1.807) is 10.8 Å². The van der Waals surface area contributed by atoms with Crippen molar-refractivity contribution in [2.24, 2.45) is 5.92 Å². The van der Waals surface area contributed by atoms with Crippen LogP contribution in [-0.2, 0) is 11.2 Å². The number of ether oxygens (including phenoxy) is 1. The zero-order chi connectivity index (χ0) is 24.6. The molecular weight excluding hydrogens is 457 g/mol. The molecular formula is C27H26FN7O. The molecule has 0 saturated carbocycles. The van der Waals surface area contributed by atoms with Gasteiger partial charge in [0.1, 0.15) is 18.0 Å². The SMILES string of the molecule is Cc1ncnc(N2CCOC3C=CC(c4ccn5nc(N)nc5c4)=CC3C2)c1Cc1ccc(F)cc1. The van der Waals surface area contributed by atoms with Gasteiger partial charge in [0.2, 0.25) is 5.95 Å². The maximum atomic E-state index is 13.4. The number of allylic oxidation sites excluding steroid dienone is 2. The van der Waals surface area contributed by atoms with Crippen LogP contribution < -0.4 is 10.6 Å². The van der Waals surface area contributed by atoms with Gasteiger partial charge in [-0.05, 0) is 47.9 Å². The number of fused-ring (bicyclic) bond motifs is 2. The minimum atomic E-state index is -0.240. The summed E-state index contributed by atoms with van der Waals surface area (Å²) >= 11 is 0. The summed E-state index contributed by atoms with van der Waals surface area (Å²) in [5.41, 5.74) is 11.6. The number of nitrogen functional groups attached to an aromatic ring is 1. The first-order valence-electron chi connectivity index (χ1n) is 12.0. The molecule has 0 amide bonds. The van der Waals surface area contributed by atoms with Crippen LogP contribution in [0.4, 0.5) is 16.2 Å². The normalized spacial score (nSPS) is 19.7. The predicted molar refractivity (Wildman–Crippen MR) is 136 cm³/mol. The van der Waals surface area contributed by atoms with E-state index in [1.165, 1.54) is 12.1 Å². The van der Waals surface area contributed by atoms with Crippen LogP contribution in [0, 0.1) is 18.7 Å². The van der Waals surface area contributed by atoms with Crippen LogP contribution in [0.25, 0.3) is 11.2 Å². The second-order valence-corrected chi connectivity index (χ2v) is 9.18. The Labute approximate surface area is 208 Å². The number of benzene rings is 1.